The summed E-state index contributed by atoms with van der Waals surface area (Å²) in [4.78, 5) is 28.2. The van der Waals surface area contributed by atoms with Gasteiger partial charge in [-0.25, -0.2) is 18.1 Å². The van der Waals surface area contributed by atoms with Gasteiger partial charge < -0.3 is 11.1 Å². The minimum atomic E-state index is -3.96. The monoisotopic (exact) mass is 526 g/mol. The summed E-state index contributed by atoms with van der Waals surface area (Å²) in [6.07, 6.45) is 0.0669. The average molecular weight is 527 g/mol. The van der Waals surface area contributed by atoms with Crippen molar-refractivity contribution in [2.24, 2.45) is 0 Å². The Morgan fingerprint density at radius 3 is 2.40 bits per heavy atom. The van der Waals surface area contributed by atoms with Crippen LogP contribution in [0, 0.1) is 22.7 Å². The Morgan fingerprint density at radius 2 is 1.83 bits per heavy atom. The summed E-state index contributed by atoms with van der Waals surface area (Å²) in [7, 11) is -3.96. The second-order valence-corrected chi connectivity index (χ2v) is 10.7. The van der Waals surface area contributed by atoms with Gasteiger partial charge in [0.05, 0.1) is 10.5 Å². The minimum Gasteiger partial charge on any atom is -0.383 e. The zero-order chi connectivity index (χ0) is 25.6. The van der Waals surface area contributed by atoms with Crippen LogP contribution in [0.5, 0.6) is 0 Å². The smallest absolute Gasteiger partial charge is 0.264 e. The predicted octanol–water partition coefficient (Wildman–Crippen LogP) is 3.08. The number of pyridine rings is 1. The Bertz CT molecular complexity index is 1450. The first-order chi connectivity index (χ1) is 16.7. The fourth-order valence-corrected chi connectivity index (χ4v) is 5.71. The Hall–Kier alpha value is -3.91. The lowest BCUT2D eigenvalue weighted by Crippen LogP contribution is -2.28. The lowest BCUT2D eigenvalue weighted by atomic mass is 10.0. The fraction of sp³-hybridized carbons (Fsp3) is 0.136. The Morgan fingerprint density at radius 1 is 1.14 bits per heavy atom. The second-order valence-electron chi connectivity index (χ2n) is 6.96. The number of nitriles is 2. The number of nitrogens with one attached hydrogen (secondary N) is 2. The van der Waals surface area contributed by atoms with Gasteiger partial charge in [0.25, 0.3) is 10.0 Å². The second kappa shape index (κ2) is 11.0. The van der Waals surface area contributed by atoms with Crippen LogP contribution in [0.2, 0.25) is 0 Å². The van der Waals surface area contributed by atoms with Crippen LogP contribution in [0.15, 0.2) is 51.7 Å². The standard InChI is InChI=1S/C22H18N6O4S3/c1-13(29)28-35(31,32)15-6-4-14(5-7-15)26-19(30)8-10-34-22-17(12-24)20(18-3-2-9-33-18)16(11-23)21(25)27-22/h2-7,9H,8,10H2,1H3,(H2,25,27)(H,26,30)(H,28,29). The fourth-order valence-electron chi connectivity index (χ4n) is 3.00. The Balaban J connectivity index is 1.68. The molecule has 1 aromatic carbocycles. The van der Waals surface area contributed by atoms with E-state index in [1.807, 2.05) is 16.2 Å². The quantitative estimate of drug-likeness (QED) is 0.372. The molecule has 0 aliphatic heterocycles. The molecule has 0 spiro atoms. The highest BCUT2D eigenvalue weighted by Gasteiger charge is 2.21. The van der Waals surface area contributed by atoms with Crippen molar-refractivity contribution in [3.8, 4) is 22.6 Å². The van der Waals surface area contributed by atoms with Crippen LogP contribution in [-0.2, 0) is 19.6 Å². The molecule has 0 bridgehead atoms. The van der Waals surface area contributed by atoms with Crippen LogP contribution in [0.25, 0.3) is 10.4 Å². The number of carbonyl (C=O) groups excluding carboxylic acids is 2. The first-order valence-corrected chi connectivity index (χ1v) is 13.2. The van der Waals surface area contributed by atoms with Gasteiger partial charge in [0, 0.05) is 35.2 Å². The first-order valence-electron chi connectivity index (χ1n) is 9.90. The molecule has 13 heteroatoms. The maximum absolute atomic E-state index is 12.4. The SMILES string of the molecule is CC(=O)NS(=O)(=O)c1ccc(NC(=O)CCSc2nc(N)c(C#N)c(-c3cccs3)c2C#N)cc1. The number of nitrogens with zero attached hydrogens (tertiary/aromatic N) is 3. The van der Waals surface area contributed by atoms with E-state index in [9.17, 15) is 28.5 Å². The molecule has 0 aliphatic carbocycles. The number of carbonyl (C=O) groups is 2. The number of aromatic nitrogens is 1. The van der Waals surface area contributed by atoms with E-state index in [0.29, 0.717) is 16.3 Å². The van der Waals surface area contributed by atoms with Gasteiger partial charge in [0.1, 0.15) is 28.5 Å². The van der Waals surface area contributed by atoms with Crippen molar-refractivity contribution in [1.82, 2.24) is 9.71 Å². The van der Waals surface area contributed by atoms with Crippen LogP contribution in [-0.4, -0.2) is 31.0 Å². The van der Waals surface area contributed by atoms with Gasteiger partial charge in [-0.1, -0.05) is 6.07 Å². The molecule has 0 saturated heterocycles. The van der Waals surface area contributed by atoms with Crippen molar-refractivity contribution in [3.63, 3.8) is 0 Å². The number of hydrogen-bond donors (Lipinski definition) is 3. The van der Waals surface area contributed by atoms with E-state index in [0.717, 1.165) is 11.8 Å². The van der Waals surface area contributed by atoms with Gasteiger partial charge in [0.2, 0.25) is 11.8 Å². The lowest BCUT2D eigenvalue weighted by Gasteiger charge is -2.11. The number of anilines is 2. The third-order valence-electron chi connectivity index (χ3n) is 4.48. The van der Waals surface area contributed by atoms with Crippen LogP contribution < -0.4 is 15.8 Å². The van der Waals surface area contributed by atoms with E-state index in [1.54, 1.807) is 12.1 Å². The van der Waals surface area contributed by atoms with E-state index in [1.165, 1.54) is 47.4 Å². The maximum atomic E-state index is 12.4. The summed E-state index contributed by atoms with van der Waals surface area (Å²) in [5, 5.41) is 24.1. The van der Waals surface area contributed by atoms with Crippen molar-refractivity contribution in [2.75, 3.05) is 16.8 Å². The van der Waals surface area contributed by atoms with Crippen molar-refractivity contribution in [1.29, 1.82) is 10.5 Å². The molecule has 2 heterocycles. The molecule has 0 atom stereocenters. The largest absolute Gasteiger partial charge is 0.383 e. The zero-order valence-electron chi connectivity index (χ0n) is 18.2. The molecule has 0 aliphatic rings. The molecule has 3 aromatic rings. The van der Waals surface area contributed by atoms with Gasteiger partial charge in [-0.05, 0) is 35.7 Å². The van der Waals surface area contributed by atoms with Crippen LogP contribution in [0.1, 0.15) is 24.5 Å². The topological polar surface area (TPSA) is 179 Å². The molecular weight excluding hydrogens is 508 g/mol. The zero-order valence-corrected chi connectivity index (χ0v) is 20.7. The molecule has 0 radical (unpaired) electrons. The first kappa shape index (κ1) is 25.7. The van der Waals surface area contributed by atoms with Gasteiger partial charge in [0.15, 0.2) is 0 Å². The minimum absolute atomic E-state index is 0.0103. The number of nitrogens with two attached hydrogens (primary N) is 1. The van der Waals surface area contributed by atoms with Crippen LogP contribution in [0.3, 0.4) is 0 Å². The highest BCUT2D eigenvalue weighted by atomic mass is 32.2. The van der Waals surface area contributed by atoms with E-state index in [4.69, 9.17) is 5.73 Å². The Kier molecular flexibility index (Phi) is 8.09. The third kappa shape index (κ3) is 6.16. The number of thiophene rings is 1. The maximum Gasteiger partial charge on any atom is 0.264 e. The molecule has 0 unspecified atom stereocenters. The molecule has 10 nitrogen and oxygen atoms in total. The van der Waals surface area contributed by atoms with E-state index in [2.05, 4.69) is 16.4 Å². The average Bonchev–Trinajstić information content (AvgIpc) is 3.33. The van der Waals surface area contributed by atoms with Gasteiger partial charge in [-0.3, -0.25) is 9.59 Å². The molecule has 0 fully saturated rings. The lowest BCUT2D eigenvalue weighted by molar-refractivity contribution is -0.117. The number of hydrogen-bond acceptors (Lipinski definition) is 10. The normalized spacial score (nSPS) is 10.7. The third-order valence-corrected chi connectivity index (χ3v) is 7.79. The van der Waals surface area contributed by atoms with Gasteiger partial charge in [-0.15, -0.1) is 23.1 Å². The van der Waals surface area contributed by atoms with Crippen molar-refractivity contribution < 1.29 is 18.0 Å². The number of rotatable bonds is 8. The number of sulfonamides is 1. The number of thioether (sulfide) groups is 1. The molecule has 2 aromatic heterocycles. The van der Waals surface area contributed by atoms with Gasteiger partial charge >= 0.3 is 0 Å². The number of nitrogen functional groups attached to an aromatic ring is 1. The molecule has 3 rings (SSSR count). The summed E-state index contributed by atoms with van der Waals surface area (Å²) in [6, 6.07) is 13.1. The molecule has 4 N–H and O–H groups in total. The number of amides is 2. The van der Waals surface area contributed by atoms with Crippen molar-refractivity contribution in [3.05, 3.63) is 52.9 Å². The van der Waals surface area contributed by atoms with E-state index < -0.39 is 15.9 Å². The summed E-state index contributed by atoms with van der Waals surface area (Å²) in [6.45, 7) is 1.09. The van der Waals surface area contributed by atoms with E-state index >= 15 is 0 Å². The molecule has 35 heavy (non-hydrogen) atoms. The molecular formula is C22H18N6O4S3. The molecule has 0 saturated carbocycles. The van der Waals surface area contributed by atoms with Crippen LogP contribution in [0.4, 0.5) is 11.5 Å². The van der Waals surface area contributed by atoms with Gasteiger partial charge in [-0.2, -0.15) is 10.5 Å². The Labute approximate surface area is 209 Å². The summed E-state index contributed by atoms with van der Waals surface area (Å²) in [5.74, 6) is -0.761. The van der Waals surface area contributed by atoms with E-state index in [-0.39, 0.29) is 39.9 Å². The van der Waals surface area contributed by atoms with Crippen LogP contribution >= 0.6 is 23.1 Å². The summed E-state index contributed by atoms with van der Waals surface area (Å²) >= 11 is 2.54. The van der Waals surface area contributed by atoms with Crippen molar-refractivity contribution >= 4 is 56.4 Å². The highest BCUT2D eigenvalue weighted by Crippen LogP contribution is 2.37. The molecule has 178 valence electrons. The highest BCUT2D eigenvalue weighted by molar-refractivity contribution is 7.99. The van der Waals surface area contributed by atoms with Crippen molar-refractivity contribution in [2.45, 2.75) is 23.3 Å². The summed E-state index contributed by atoms with van der Waals surface area (Å²) in [5.41, 5.74) is 7.13. The summed E-state index contributed by atoms with van der Waals surface area (Å²) < 4.78 is 25.8. The molecule has 2 amide bonds. The number of benzene rings is 1. The predicted molar refractivity (Wildman–Crippen MR) is 133 cm³/mol.